The van der Waals surface area contributed by atoms with E-state index in [1.165, 1.54) is 11.3 Å². The molecule has 1 amide bonds. The van der Waals surface area contributed by atoms with Crippen LogP contribution in [0.25, 0.3) is 0 Å². The number of nitrogens with two attached hydrogens (primary N) is 1. The summed E-state index contributed by atoms with van der Waals surface area (Å²) in [4.78, 5) is 14.7. The zero-order valence-corrected chi connectivity index (χ0v) is 12.1. The van der Waals surface area contributed by atoms with Gasteiger partial charge in [0.15, 0.2) is 0 Å². The molecule has 0 aliphatic heterocycles. The Morgan fingerprint density at radius 2 is 2.18 bits per heavy atom. The largest absolute Gasteiger partial charge is 0.338 e. The Bertz CT molecular complexity index is 390. The van der Waals surface area contributed by atoms with E-state index in [1.54, 1.807) is 12.1 Å². The Morgan fingerprint density at radius 1 is 1.53 bits per heavy atom. The van der Waals surface area contributed by atoms with Crippen LogP contribution in [-0.4, -0.2) is 30.4 Å². The van der Waals surface area contributed by atoms with Crippen LogP contribution in [0.1, 0.15) is 30.4 Å². The quantitative estimate of drug-likeness (QED) is 0.897. The molecule has 96 valence electrons. The van der Waals surface area contributed by atoms with Crippen molar-refractivity contribution in [3.05, 3.63) is 21.3 Å². The molecule has 0 atom stereocenters. The summed E-state index contributed by atoms with van der Waals surface area (Å²) >= 11 is 7.16. The maximum atomic E-state index is 12.2. The van der Waals surface area contributed by atoms with Gasteiger partial charge in [0.2, 0.25) is 0 Å². The lowest BCUT2D eigenvalue weighted by Crippen LogP contribution is -2.41. The van der Waals surface area contributed by atoms with E-state index in [-0.39, 0.29) is 11.3 Å². The van der Waals surface area contributed by atoms with E-state index in [4.69, 9.17) is 17.3 Å². The molecule has 5 heteroatoms. The Hall–Kier alpha value is -0.580. The fraction of sp³-hybridized carbons (Fsp3) is 0.583. The molecule has 1 rings (SSSR count). The molecule has 0 saturated carbocycles. The zero-order valence-electron chi connectivity index (χ0n) is 10.5. The molecule has 0 aliphatic carbocycles. The van der Waals surface area contributed by atoms with Crippen LogP contribution in [0.15, 0.2) is 12.1 Å². The van der Waals surface area contributed by atoms with Gasteiger partial charge in [-0.25, -0.2) is 0 Å². The Labute approximate surface area is 112 Å². The second kappa shape index (κ2) is 5.85. The van der Waals surface area contributed by atoms with E-state index < -0.39 is 0 Å². The molecule has 1 heterocycles. The van der Waals surface area contributed by atoms with Crippen molar-refractivity contribution in [1.29, 1.82) is 0 Å². The molecule has 0 spiro atoms. The van der Waals surface area contributed by atoms with Crippen LogP contribution >= 0.6 is 22.9 Å². The van der Waals surface area contributed by atoms with E-state index in [0.717, 1.165) is 0 Å². The van der Waals surface area contributed by atoms with E-state index >= 15 is 0 Å². The SMILES string of the molecule is CCN(CC(C)(C)CN)C(=O)c1ccc(Cl)s1. The van der Waals surface area contributed by atoms with Crippen LogP contribution in [0.2, 0.25) is 4.34 Å². The van der Waals surface area contributed by atoms with E-state index in [1.807, 2.05) is 11.8 Å². The number of amides is 1. The smallest absolute Gasteiger partial charge is 0.263 e. The normalized spacial score (nSPS) is 11.6. The van der Waals surface area contributed by atoms with Crippen molar-refractivity contribution in [3.8, 4) is 0 Å². The number of nitrogens with zero attached hydrogens (tertiary/aromatic N) is 1. The second-order valence-electron chi connectivity index (χ2n) is 4.79. The molecule has 2 N–H and O–H groups in total. The third-order valence-electron chi connectivity index (χ3n) is 2.62. The molecule has 0 saturated heterocycles. The highest BCUT2D eigenvalue weighted by atomic mass is 35.5. The first-order chi connectivity index (χ1) is 7.89. The zero-order chi connectivity index (χ0) is 13.1. The van der Waals surface area contributed by atoms with Crippen LogP contribution in [0.5, 0.6) is 0 Å². The molecule has 0 radical (unpaired) electrons. The summed E-state index contributed by atoms with van der Waals surface area (Å²) in [5.74, 6) is 0.0333. The Morgan fingerprint density at radius 3 is 2.59 bits per heavy atom. The summed E-state index contributed by atoms with van der Waals surface area (Å²) in [6, 6.07) is 3.52. The number of carbonyl (C=O) groups excluding carboxylic acids is 1. The van der Waals surface area contributed by atoms with Crippen molar-refractivity contribution in [2.45, 2.75) is 20.8 Å². The van der Waals surface area contributed by atoms with Crippen molar-refractivity contribution in [1.82, 2.24) is 4.90 Å². The van der Waals surface area contributed by atoms with Gasteiger partial charge >= 0.3 is 0 Å². The highest BCUT2D eigenvalue weighted by Crippen LogP contribution is 2.24. The van der Waals surface area contributed by atoms with Gasteiger partial charge in [-0.1, -0.05) is 25.4 Å². The van der Waals surface area contributed by atoms with E-state index in [9.17, 15) is 4.79 Å². The van der Waals surface area contributed by atoms with Gasteiger partial charge in [-0.05, 0) is 31.0 Å². The topological polar surface area (TPSA) is 46.3 Å². The highest BCUT2D eigenvalue weighted by Gasteiger charge is 2.24. The van der Waals surface area contributed by atoms with Crippen LogP contribution in [0.4, 0.5) is 0 Å². The first-order valence-corrected chi connectivity index (χ1v) is 6.84. The first-order valence-electron chi connectivity index (χ1n) is 5.64. The molecule has 3 nitrogen and oxygen atoms in total. The third kappa shape index (κ3) is 3.98. The van der Waals surface area contributed by atoms with Gasteiger partial charge in [0.25, 0.3) is 5.91 Å². The maximum Gasteiger partial charge on any atom is 0.263 e. The Balaban J connectivity index is 2.78. The standard InChI is InChI=1S/C12H19ClN2OS/c1-4-15(8-12(2,3)7-14)11(16)9-5-6-10(13)17-9/h5-6H,4,7-8,14H2,1-3H3. The predicted octanol–water partition coefficient (Wildman–Crippen LogP) is 2.85. The highest BCUT2D eigenvalue weighted by molar-refractivity contribution is 7.17. The van der Waals surface area contributed by atoms with Crippen molar-refractivity contribution in [2.75, 3.05) is 19.6 Å². The number of halogens is 1. The average Bonchev–Trinajstić information content (AvgIpc) is 2.72. The Kier molecular flexibility index (Phi) is 4.98. The first kappa shape index (κ1) is 14.5. The molecular formula is C12H19ClN2OS. The minimum Gasteiger partial charge on any atom is -0.338 e. The van der Waals surface area contributed by atoms with Crippen molar-refractivity contribution < 1.29 is 4.79 Å². The summed E-state index contributed by atoms with van der Waals surface area (Å²) in [7, 11) is 0. The molecule has 0 aliphatic rings. The van der Waals surface area contributed by atoms with Crippen molar-refractivity contribution in [3.63, 3.8) is 0 Å². The molecule has 0 aromatic carbocycles. The van der Waals surface area contributed by atoms with Crippen molar-refractivity contribution in [2.24, 2.45) is 11.1 Å². The lowest BCUT2D eigenvalue weighted by atomic mass is 9.93. The molecule has 0 fully saturated rings. The van der Waals surface area contributed by atoms with Gasteiger partial charge in [-0.3, -0.25) is 4.79 Å². The lowest BCUT2D eigenvalue weighted by molar-refractivity contribution is 0.0706. The van der Waals surface area contributed by atoms with Gasteiger partial charge < -0.3 is 10.6 Å². The fourth-order valence-corrected chi connectivity index (χ4v) is 2.50. The van der Waals surface area contributed by atoms with Gasteiger partial charge in [-0.2, -0.15) is 0 Å². The van der Waals surface area contributed by atoms with Crippen LogP contribution in [0, 0.1) is 5.41 Å². The number of rotatable bonds is 5. The summed E-state index contributed by atoms with van der Waals surface area (Å²) in [6.07, 6.45) is 0. The molecule has 0 bridgehead atoms. The number of thiophene rings is 1. The van der Waals surface area contributed by atoms with Gasteiger partial charge in [0.1, 0.15) is 0 Å². The number of carbonyl (C=O) groups is 1. The van der Waals surface area contributed by atoms with Crippen LogP contribution < -0.4 is 5.73 Å². The van der Waals surface area contributed by atoms with E-state index in [2.05, 4.69) is 13.8 Å². The monoisotopic (exact) mass is 274 g/mol. The molecule has 1 aromatic heterocycles. The number of hydrogen-bond donors (Lipinski definition) is 1. The van der Waals surface area contributed by atoms with E-state index in [0.29, 0.717) is 28.8 Å². The van der Waals surface area contributed by atoms with Crippen LogP contribution in [-0.2, 0) is 0 Å². The molecule has 17 heavy (non-hydrogen) atoms. The fourth-order valence-electron chi connectivity index (χ4n) is 1.49. The minimum absolute atomic E-state index is 0.0333. The van der Waals surface area contributed by atoms with Gasteiger partial charge in [0, 0.05) is 13.1 Å². The summed E-state index contributed by atoms with van der Waals surface area (Å²) in [5.41, 5.74) is 5.63. The number of hydrogen-bond acceptors (Lipinski definition) is 3. The van der Waals surface area contributed by atoms with Gasteiger partial charge in [0.05, 0.1) is 9.21 Å². The molecule has 0 unspecified atom stereocenters. The predicted molar refractivity (Wildman–Crippen MR) is 73.7 cm³/mol. The molecule has 1 aromatic rings. The summed E-state index contributed by atoms with van der Waals surface area (Å²) < 4.78 is 0.641. The van der Waals surface area contributed by atoms with Gasteiger partial charge in [-0.15, -0.1) is 11.3 Å². The molecular weight excluding hydrogens is 256 g/mol. The summed E-state index contributed by atoms with van der Waals surface area (Å²) in [6.45, 7) is 7.99. The van der Waals surface area contributed by atoms with Crippen molar-refractivity contribution >= 4 is 28.8 Å². The average molecular weight is 275 g/mol. The minimum atomic E-state index is -0.0628. The third-order valence-corrected chi connectivity index (χ3v) is 3.84. The maximum absolute atomic E-state index is 12.2. The summed E-state index contributed by atoms with van der Waals surface area (Å²) in [5, 5.41) is 0. The van der Waals surface area contributed by atoms with Crippen LogP contribution in [0.3, 0.4) is 0 Å². The second-order valence-corrected chi connectivity index (χ2v) is 6.51. The lowest BCUT2D eigenvalue weighted by Gasteiger charge is -2.30.